The molecule has 0 spiro atoms. The minimum atomic E-state index is -4.72. The predicted octanol–water partition coefficient (Wildman–Crippen LogP) is 2.65. The van der Waals surface area contributed by atoms with Gasteiger partial charge < -0.3 is 15.8 Å². The minimum absolute atomic E-state index is 0.0388. The number of halogens is 3. The quantitative estimate of drug-likeness (QED) is 0.881. The average Bonchev–Trinajstić information content (AvgIpc) is 2.46. The fourth-order valence-electron chi connectivity index (χ4n) is 1.80. The van der Waals surface area contributed by atoms with Crippen LogP contribution >= 0.6 is 0 Å². The summed E-state index contributed by atoms with van der Waals surface area (Å²) in [4.78, 5) is 10.9. The lowest BCUT2D eigenvalue weighted by Crippen LogP contribution is -2.17. The van der Waals surface area contributed by atoms with E-state index in [1.807, 2.05) is 0 Å². The highest BCUT2D eigenvalue weighted by molar-refractivity contribution is 5.90. The Labute approximate surface area is 129 Å². The molecule has 9 heteroatoms. The van der Waals surface area contributed by atoms with Crippen LogP contribution in [0.2, 0.25) is 0 Å². The first-order chi connectivity index (χ1) is 10.7. The number of rotatable bonds is 5. The number of hydrogen-bond donors (Lipinski definition) is 2. The number of aromatic nitrogens is 2. The zero-order chi connectivity index (χ0) is 17.0. The molecule has 1 atom stereocenters. The molecule has 0 aliphatic carbocycles. The molecule has 0 aliphatic heterocycles. The highest BCUT2D eigenvalue weighted by atomic mass is 19.4. The summed E-state index contributed by atoms with van der Waals surface area (Å²) in [6, 6.07) is 8.17. The Morgan fingerprint density at radius 2 is 1.83 bits per heavy atom. The molecule has 0 saturated heterocycles. The third-order valence-electron chi connectivity index (χ3n) is 2.90. The number of hydrogen-bond acceptors (Lipinski definition) is 5. The molecule has 2 aromatic rings. The van der Waals surface area contributed by atoms with Gasteiger partial charge in [-0.3, -0.25) is 4.79 Å². The number of nitrogens with zero attached hydrogens (tertiary/aromatic N) is 2. The van der Waals surface area contributed by atoms with Crippen LogP contribution in [0.4, 0.5) is 19.0 Å². The zero-order valence-electron chi connectivity index (χ0n) is 12.0. The monoisotopic (exact) mass is 326 g/mol. The van der Waals surface area contributed by atoms with E-state index < -0.39 is 12.3 Å². The van der Waals surface area contributed by atoms with Gasteiger partial charge in [0.25, 0.3) is 5.91 Å². The number of anilines is 1. The SMILES string of the molecule is C[C@H](Nc1ccc(C(N)=O)nn1)c1ccc(OC(F)(F)F)cc1. The van der Waals surface area contributed by atoms with E-state index in [-0.39, 0.29) is 17.5 Å². The van der Waals surface area contributed by atoms with Crippen molar-refractivity contribution in [2.45, 2.75) is 19.3 Å². The van der Waals surface area contributed by atoms with Gasteiger partial charge in [0.05, 0.1) is 6.04 Å². The summed E-state index contributed by atoms with van der Waals surface area (Å²) in [5.74, 6) is -0.575. The number of carbonyl (C=O) groups is 1. The number of nitrogens with one attached hydrogen (secondary N) is 1. The Morgan fingerprint density at radius 1 is 1.17 bits per heavy atom. The molecule has 2 rings (SSSR count). The van der Waals surface area contributed by atoms with Crippen molar-refractivity contribution in [2.24, 2.45) is 5.73 Å². The number of nitrogens with two attached hydrogens (primary N) is 1. The molecule has 6 nitrogen and oxygen atoms in total. The van der Waals surface area contributed by atoms with E-state index in [1.165, 1.54) is 36.4 Å². The van der Waals surface area contributed by atoms with Crippen molar-refractivity contribution in [1.29, 1.82) is 0 Å². The smallest absolute Gasteiger partial charge is 0.406 e. The largest absolute Gasteiger partial charge is 0.573 e. The Bertz CT molecular complexity index is 672. The number of ether oxygens (including phenoxy) is 1. The Kier molecular flexibility index (Phi) is 4.68. The fourth-order valence-corrected chi connectivity index (χ4v) is 1.80. The lowest BCUT2D eigenvalue weighted by Gasteiger charge is -2.15. The van der Waals surface area contributed by atoms with Crippen molar-refractivity contribution in [2.75, 3.05) is 5.32 Å². The topological polar surface area (TPSA) is 90.1 Å². The van der Waals surface area contributed by atoms with Crippen molar-refractivity contribution in [1.82, 2.24) is 10.2 Å². The van der Waals surface area contributed by atoms with Gasteiger partial charge in [-0.05, 0) is 36.8 Å². The molecule has 1 amide bonds. The van der Waals surface area contributed by atoms with Gasteiger partial charge in [-0.2, -0.15) is 0 Å². The molecule has 1 aromatic heterocycles. The number of amides is 1. The summed E-state index contributed by atoms with van der Waals surface area (Å²) in [7, 11) is 0. The number of primary amides is 1. The van der Waals surface area contributed by atoms with E-state index in [0.29, 0.717) is 5.82 Å². The van der Waals surface area contributed by atoms with Gasteiger partial charge in [0, 0.05) is 0 Å². The molecule has 0 saturated carbocycles. The van der Waals surface area contributed by atoms with Gasteiger partial charge in [0.15, 0.2) is 5.69 Å². The first-order valence-corrected chi connectivity index (χ1v) is 6.50. The van der Waals surface area contributed by atoms with Gasteiger partial charge in [0.2, 0.25) is 0 Å². The van der Waals surface area contributed by atoms with Crippen molar-refractivity contribution in [3.63, 3.8) is 0 Å². The van der Waals surface area contributed by atoms with Crippen LogP contribution in [0.5, 0.6) is 5.75 Å². The third kappa shape index (κ3) is 4.83. The van der Waals surface area contributed by atoms with Crippen molar-refractivity contribution >= 4 is 11.7 Å². The highest BCUT2D eigenvalue weighted by Gasteiger charge is 2.31. The summed E-state index contributed by atoms with van der Waals surface area (Å²) in [6.07, 6.45) is -4.72. The van der Waals surface area contributed by atoms with E-state index in [1.54, 1.807) is 6.92 Å². The molecule has 23 heavy (non-hydrogen) atoms. The van der Waals surface area contributed by atoms with Crippen LogP contribution in [0.15, 0.2) is 36.4 Å². The molecule has 122 valence electrons. The maximum Gasteiger partial charge on any atom is 0.573 e. The van der Waals surface area contributed by atoms with Gasteiger partial charge >= 0.3 is 6.36 Å². The van der Waals surface area contributed by atoms with Crippen LogP contribution in [0.25, 0.3) is 0 Å². The molecule has 0 radical (unpaired) electrons. The molecule has 0 unspecified atom stereocenters. The van der Waals surface area contributed by atoms with Crippen LogP contribution < -0.4 is 15.8 Å². The van der Waals surface area contributed by atoms with Gasteiger partial charge in [-0.1, -0.05) is 12.1 Å². The van der Waals surface area contributed by atoms with Crippen LogP contribution in [0, 0.1) is 0 Å². The third-order valence-corrected chi connectivity index (χ3v) is 2.90. The number of benzene rings is 1. The summed E-state index contributed by atoms with van der Waals surface area (Å²) in [5.41, 5.74) is 5.82. The van der Waals surface area contributed by atoms with E-state index in [9.17, 15) is 18.0 Å². The van der Waals surface area contributed by atoms with E-state index in [4.69, 9.17) is 5.73 Å². The Hall–Kier alpha value is -2.84. The minimum Gasteiger partial charge on any atom is -0.406 e. The molecule has 0 fully saturated rings. The second kappa shape index (κ2) is 6.51. The van der Waals surface area contributed by atoms with Gasteiger partial charge in [0.1, 0.15) is 11.6 Å². The zero-order valence-corrected chi connectivity index (χ0v) is 12.0. The molecule has 0 aliphatic rings. The number of carbonyl (C=O) groups excluding carboxylic acids is 1. The Morgan fingerprint density at radius 3 is 2.30 bits per heavy atom. The van der Waals surface area contributed by atoms with Gasteiger partial charge in [-0.15, -0.1) is 23.4 Å². The van der Waals surface area contributed by atoms with Crippen molar-refractivity contribution in [3.05, 3.63) is 47.7 Å². The van der Waals surface area contributed by atoms with Crippen LogP contribution in [-0.4, -0.2) is 22.5 Å². The van der Waals surface area contributed by atoms with Crippen LogP contribution in [-0.2, 0) is 0 Å². The summed E-state index contributed by atoms with van der Waals surface area (Å²) < 4.78 is 40.1. The first-order valence-electron chi connectivity index (χ1n) is 6.50. The van der Waals surface area contributed by atoms with E-state index in [0.717, 1.165) is 5.56 Å². The fraction of sp³-hybridized carbons (Fsp3) is 0.214. The highest BCUT2D eigenvalue weighted by Crippen LogP contribution is 2.25. The molecule has 1 heterocycles. The Balaban J connectivity index is 2.02. The molecule has 3 N–H and O–H groups in total. The molecular formula is C14H13F3N4O2. The predicted molar refractivity (Wildman–Crippen MR) is 75.7 cm³/mol. The summed E-state index contributed by atoms with van der Waals surface area (Å²) in [6.45, 7) is 1.79. The maximum absolute atomic E-state index is 12.1. The standard InChI is InChI=1S/C14H13F3N4O2/c1-8(19-12-7-6-11(13(18)22)20-21-12)9-2-4-10(5-3-9)23-14(15,16)17/h2-8H,1H3,(H2,18,22)(H,19,21)/t8-/m0/s1. The lowest BCUT2D eigenvalue weighted by molar-refractivity contribution is -0.274. The van der Waals surface area contributed by atoms with Crippen LogP contribution in [0.3, 0.4) is 0 Å². The van der Waals surface area contributed by atoms with E-state index >= 15 is 0 Å². The maximum atomic E-state index is 12.1. The average molecular weight is 326 g/mol. The second-order valence-corrected chi connectivity index (χ2v) is 4.65. The van der Waals surface area contributed by atoms with Crippen LogP contribution in [0.1, 0.15) is 29.0 Å². The van der Waals surface area contributed by atoms with Crippen molar-refractivity contribution < 1.29 is 22.7 Å². The van der Waals surface area contributed by atoms with Crippen molar-refractivity contribution in [3.8, 4) is 5.75 Å². The van der Waals surface area contributed by atoms with Gasteiger partial charge in [-0.25, -0.2) is 0 Å². The van der Waals surface area contributed by atoms with E-state index in [2.05, 4.69) is 20.3 Å². The summed E-state index contributed by atoms with van der Waals surface area (Å²) >= 11 is 0. The molecular weight excluding hydrogens is 313 g/mol. The normalized spacial score (nSPS) is 12.5. The first kappa shape index (κ1) is 16.5. The summed E-state index contributed by atoms with van der Waals surface area (Å²) in [5, 5.41) is 10.4. The lowest BCUT2D eigenvalue weighted by atomic mass is 10.1. The number of alkyl halides is 3. The molecule has 1 aromatic carbocycles. The second-order valence-electron chi connectivity index (χ2n) is 4.65. The molecule has 0 bridgehead atoms.